The normalized spacial score (nSPS) is 10.9. The van der Waals surface area contributed by atoms with Gasteiger partial charge in [-0.25, -0.2) is 4.79 Å². The molecule has 0 aliphatic heterocycles. The molecule has 6 heteroatoms. The summed E-state index contributed by atoms with van der Waals surface area (Å²) >= 11 is 0. The summed E-state index contributed by atoms with van der Waals surface area (Å²) in [6.45, 7) is 2.03. The molecule has 1 heterocycles. The van der Waals surface area contributed by atoms with Crippen molar-refractivity contribution in [1.82, 2.24) is 4.98 Å². The number of nitrogens with zero attached hydrogens (tertiary/aromatic N) is 1. The molecular weight excluding hydrogens is 272 g/mol. The third kappa shape index (κ3) is 2.01. The fraction of sp³-hybridized carbons (Fsp3) is 0.133. The molecule has 0 spiro atoms. The van der Waals surface area contributed by atoms with Crippen LogP contribution in [-0.4, -0.2) is 22.5 Å². The molecule has 0 aliphatic carbocycles. The van der Waals surface area contributed by atoms with Gasteiger partial charge in [0.1, 0.15) is 5.69 Å². The molecule has 0 saturated carbocycles. The molecule has 3 rings (SSSR count). The van der Waals surface area contributed by atoms with Crippen LogP contribution in [0, 0.1) is 10.1 Å². The number of esters is 1. The van der Waals surface area contributed by atoms with Crippen LogP contribution in [0.4, 0.5) is 5.69 Å². The lowest BCUT2D eigenvalue weighted by Crippen LogP contribution is -2.05. The van der Waals surface area contributed by atoms with Crippen LogP contribution in [0.25, 0.3) is 21.5 Å². The first-order chi connectivity index (χ1) is 10.1. The van der Waals surface area contributed by atoms with Gasteiger partial charge in [0.25, 0.3) is 5.69 Å². The molecule has 3 aromatic rings. The number of aromatic nitrogens is 1. The summed E-state index contributed by atoms with van der Waals surface area (Å²) in [4.78, 5) is 25.4. The van der Waals surface area contributed by atoms with Crippen molar-refractivity contribution in [1.29, 1.82) is 0 Å². The van der Waals surface area contributed by atoms with E-state index >= 15 is 0 Å². The van der Waals surface area contributed by atoms with Crippen LogP contribution >= 0.6 is 0 Å². The molecule has 0 aliphatic rings. The highest BCUT2D eigenvalue weighted by Crippen LogP contribution is 2.32. The Kier molecular flexibility index (Phi) is 3.06. The Morgan fingerprint density at radius 1 is 1.19 bits per heavy atom. The Bertz CT molecular complexity index is 867. The number of carbonyl (C=O) groups is 1. The lowest BCUT2D eigenvalue weighted by Gasteiger charge is -2.02. The highest BCUT2D eigenvalue weighted by molar-refractivity contribution is 6.15. The van der Waals surface area contributed by atoms with E-state index in [-0.39, 0.29) is 5.69 Å². The van der Waals surface area contributed by atoms with Crippen molar-refractivity contribution in [2.24, 2.45) is 0 Å². The number of benzene rings is 2. The lowest BCUT2D eigenvalue weighted by atomic mass is 10.0. The van der Waals surface area contributed by atoms with E-state index in [2.05, 4.69) is 4.98 Å². The summed E-state index contributed by atoms with van der Waals surface area (Å²) in [5.41, 5.74) is 0.411. The number of hydrogen-bond donors (Lipinski definition) is 1. The number of nitro groups is 1. The van der Waals surface area contributed by atoms with Crippen LogP contribution in [0.15, 0.2) is 36.5 Å². The molecule has 2 aromatic carbocycles. The van der Waals surface area contributed by atoms with Crippen molar-refractivity contribution in [2.75, 3.05) is 6.61 Å². The molecule has 0 atom stereocenters. The van der Waals surface area contributed by atoms with E-state index in [9.17, 15) is 14.9 Å². The van der Waals surface area contributed by atoms with Crippen LogP contribution in [0.1, 0.15) is 17.4 Å². The van der Waals surface area contributed by atoms with Gasteiger partial charge in [-0.2, -0.15) is 0 Å². The number of non-ortho nitro benzene ring substituents is 1. The number of ether oxygens (including phenoxy) is 1. The fourth-order valence-electron chi connectivity index (χ4n) is 2.49. The predicted molar refractivity (Wildman–Crippen MR) is 78.4 cm³/mol. The zero-order chi connectivity index (χ0) is 15.0. The molecule has 0 bridgehead atoms. The Hall–Kier alpha value is -2.89. The summed E-state index contributed by atoms with van der Waals surface area (Å²) < 4.78 is 4.99. The van der Waals surface area contributed by atoms with Crippen molar-refractivity contribution in [3.63, 3.8) is 0 Å². The topological polar surface area (TPSA) is 85.2 Å². The molecular formula is C15H12N2O4. The molecule has 0 unspecified atom stereocenters. The molecule has 1 aromatic heterocycles. The molecule has 0 fully saturated rings. The predicted octanol–water partition coefficient (Wildman–Crippen LogP) is 3.41. The first kappa shape index (κ1) is 13.1. The van der Waals surface area contributed by atoms with Crippen molar-refractivity contribution in [3.05, 3.63) is 52.3 Å². The number of H-pyrrole nitrogens is 1. The molecule has 6 nitrogen and oxygen atoms in total. The van der Waals surface area contributed by atoms with Gasteiger partial charge in [-0.15, -0.1) is 0 Å². The zero-order valence-corrected chi connectivity index (χ0v) is 11.3. The van der Waals surface area contributed by atoms with Crippen molar-refractivity contribution in [2.45, 2.75) is 6.92 Å². The van der Waals surface area contributed by atoms with Gasteiger partial charge < -0.3 is 9.72 Å². The van der Waals surface area contributed by atoms with Crippen LogP contribution in [0.5, 0.6) is 0 Å². The van der Waals surface area contributed by atoms with Gasteiger partial charge >= 0.3 is 5.97 Å². The molecule has 0 saturated heterocycles. The molecule has 0 radical (unpaired) electrons. The van der Waals surface area contributed by atoms with Crippen LogP contribution in [0.3, 0.4) is 0 Å². The lowest BCUT2D eigenvalue weighted by molar-refractivity contribution is -0.383. The van der Waals surface area contributed by atoms with E-state index in [0.29, 0.717) is 23.1 Å². The van der Waals surface area contributed by atoms with E-state index in [4.69, 9.17) is 4.74 Å². The van der Waals surface area contributed by atoms with Crippen molar-refractivity contribution in [3.8, 4) is 0 Å². The van der Waals surface area contributed by atoms with E-state index in [1.807, 2.05) is 0 Å². The minimum Gasteiger partial charge on any atom is -0.461 e. The van der Waals surface area contributed by atoms with Crippen LogP contribution < -0.4 is 0 Å². The number of fused-ring (bicyclic) bond motifs is 3. The molecule has 106 valence electrons. The first-order valence-electron chi connectivity index (χ1n) is 6.47. The Balaban J connectivity index is 2.29. The van der Waals surface area contributed by atoms with Crippen molar-refractivity contribution >= 4 is 33.2 Å². The maximum absolute atomic E-state index is 11.9. The molecule has 0 amide bonds. The minimum atomic E-state index is -0.433. The standard InChI is InChI=1S/C15H12N2O4/c1-2-21-15(18)14-11-7-6-10-9(12(11)8-16-14)4-3-5-13(10)17(19)20/h3-8,16H,2H2,1H3. The number of rotatable bonds is 3. The van der Waals surface area contributed by atoms with Crippen molar-refractivity contribution < 1.29 is 14.5 Å². The third-order valence-corrected chi connectivity index (χ3v) is 3.39. The quantitative estimate of drug-likeness (QED) is 0.453. The first-order valence-corrected chi connectivity index (χ1v) is 6.47. The number of nitrogens with one attached hydrogen (secondary N) is 1. The Morgan fingerprint density at radius 3 is 2.67 bits per heavy atom. The maximum atomic E-state index is 11.9. The Morgan fingerprint density at radius 2 is 1.95 bits per heavy atom. The second-order valence-corrected chi connectivity index (χ2v) is 4.54. The Labute approximate surface area is 119 Å². The highest BCUT2D eigenvalue weighted by Gasteiger charge is 2.17. The van der Waals surface area contributed by atoms with Gasteiger partial charge in [0, 0.05) is 23.0 Å². The minimum absolute atomic E-state index is 0.0493. The van der Waals surface area contributed by atoms with E-state index in [1.54, 1.807) is 37.4 Å². The summed E-state index contributed by atoms with van der Waals surface area (Å²) in [5, 5.41) is 13.8. The van der Waals surface area contributed by atoms with E-state index in [0.717, 1.165) is 10.8 Å². The second kappa shape index (κ2) is 4.90. The van der Waals surface area contributed by atoms with Crippen LogP contribution in [0.2, 0.25) is 0 Å². The average Bonchev–Trinajstić information content (AvgIpc) is 2.91. The van der Waals surface area contributed by atoms with Gasteiger partial charge in [-0.3, -0.25) is 10.1 Å². The van der Waals surface area contributed by atoms with E-state index < -0.39 is 10.9 Å². The highest BCUT2D eigenvalue weighted by atomic mass is 16.6. The summed E-state index contributed by atoms with van der Waals surface area (Å²) in [6.07, 6.45) is 1.67. The number of hydrogen-bond acceptors (Lipinski definition) is 4. The summed E-state index contributed by atoms with van der Waals surface area (Å²) in [5.74, 6) is -0.433. The zero-order valence-electron chi connectivity index (χ0n) is 11.3. The van der Waals surface area contributed by atoms with Gasteiger partial charge in [-0.05, 0) is 18.4 Å². The smallest absolute Gasteiger partial charge is 0.355 e. The molecule has 21 heavy (non-hydrogen) atoms. The van der Waals surface area contributed by atoms with Gasteiger partial charge in [0.15, 0.2) is 0 Å². The van der Waals surface area contributed by atoms with E-state index in [1.165, 1.54) is 6.07 Å². The monoisotopic (exact) mass is 284 g/mol. The fourth-order valence-corrected chi connectivity index (χ4v) is 2.49. The van der Waals surface area contributed by atoms with Gasteiger partial charge in [-0.1, -0.05) is 18.2 Å². The number of aromatic amines is 1. The summed E-state index contributed by atoms with van der Waals surface area (Å²) in [6, 6.07) is 8.26. The van der Waals surface area contributed by atoms with Gasteiger partial charge in [0.2, 0.25) is 0 Å². The number of nitro benzene ring substituents is 1. The SMILES string of the molecule is CCOC(=O)c1[nH]cc2c1ccc1c([N+](=O)[O-])cccc12. The third-order valence-electron chi connectivity index (χ3n) is 3.39. The second-order valence-electron chi connectivity index (χ2n) is 4.54. The largest absolute Gasteiger partial charge is 0.461 e. The maximum Gasteiger partial charge on any atom is 0.355 e. The average molecular weight is 284 g/mol. The number of carbonyl (C=O) groups excluding carboxylic acids is 1. The van der Waals surface area contributed by atoms with Gasteiger partial charge in [0.05, 0.1) is 16.9 Å². The van der Waals surface area contributed by atoms with Crippen LogP contribution in [-0.2, 0) is 4.74 Å². The summed E-state index contributed by atoms with van der Waals surface area (Å²) in [7, 11) is 0. The molecule has 1 N–H and O–H groups in total.